The standard InChI is InChI=1S/C31H22N4O/c36-31(34-21-27(23-13-5-1-6-14-23)32-29(34)25-17-9-3-10-18-25)35-22-28(24-15-7-2-8-16-24)33-30(35)26-19-11-4-12-20-26/h1-22H. The highest BCUT2D eigenvalue weighted by molar-refractivity contribution is 5.89. The summed E-state index contributed by atoms with van der Waals surface area (Å²) in [5.74, 6) is 1.15. The number of hydrogen-bond donors (Lipinski definition) is 0. The van der Waals surface area contributed by atoms with Crippen LogP contribution in [0.4, 0.5) is 4.79 Å². The number of nitrogens with zero attached hydrogens (tertiary/aromatic N) is 4. The Morgan fingerprint density at radius 1 is 0.444 bits per heavy atom. The number of carbonyl (C=O) groups excluding carboxylic acids is 1. The smallest absolute Gasteiger partial charge is 0.250 e. The van der Waals surface area contributed by atoms with Crippen molar-refractivity contribution in [2.24, 2.45) is 0 Å². The summed E-state index contributed by atoms with van der Waals surface area (Å²) in [5, 5.41) is 0. The molecule has 0 N–H and O–H groups in total. The lowest BCUT2D eigenvalue weighted by molar-refractivity contribution is 0.244. The summed E-state index contributed by atoms with van der Waals surface area (Å²) in [7, 11) is 0. The monoisotopic (exact) mass is 466 g/mol. The van der Waals surface area contributed by atoms with E-state index in [0.717, 1.165) is 33.6 Å². The van der Waals surface area contributed by atoms with Gasteiger partial charge in [0.25, 0.3) is 0 Å². The maximum absolute atomic E-state index is 14.2. The molecule has 172 valence electrons. The molecule has 6 rings (SSSR count). The molecule has 0 bridgehead atoms. The molecule has 5 nitrogen and oxygen atoms in total. The van der Waals surface area contributed by atoms with Crippen molar-refractivity contribution >= 4 is 6.03 Å². The van der Waals surface area contributed by atoms with Crippen molar-refractivity contribution in [3.63, 3.8) is 0 Å². The first-order valence-electron chi connectivity index (χ1n) is 11.7. The first-order chi connectivity index (χ1) is 17.8. The Labute approximate surface area is 209 Å². The van der Waals surface area contributed by atoms with Crippen LogP contribution >= 0.6 is 0 Å². The van der Waals surface area contributed by atoms with E-state index in [2.05, 4.69) is 0 Å². The van der Waals surface area contributed by atoms with Crippen molar-refractivity contribution in [1.29, 1.82) is 0 Å². The summed E-state index contributed by atoms with van der Waals surface area (Å²) in [6.07, 6.45) is 3.61. The van der Waals surface area contributed by atoms with Gasteiger partial charge in [-0.05, 0) is 0 Å². The Hall–Kier alpha value is -5.03. The molecule has 0 unspecified atom stereocenters. The minimum Gasteiger partial charge on any atom is -0.250 e. The van der Waals surface area contributed by atoms with E-state index in [1.54, 1.807) is 21.5 Å². The molecular weight excluding hydrogens is 444 g/mol. The van der Waals surface area contributed by atoms with Crippen LogP contribution in [0.5, 0.6) is 0 Å². The van der Waals surface area contributed by atoms with Gasteiger partial charge in [-0.1, -0.05) is 121 Å². The van der Waals surface area contributed by atoms with Crippen LogP contribution in [0.25, 0.3) is 45.3 Å². The van der Waals surface area contributed by atoms with Crippen molar-refractivity contribution < 1.29 is 4.79 Å². The largest absolute Gasteiger partial charge is 0.339 e. The van der Waals surface area contributed by atoms with E-state index in [4.69, 9.17) is 9.97 Å². The SMILES string of the molecule is O=C(n1cc(-c2ccccc2)nc1-c1ccccc1)n1cc(-c2ccccc2)nc1-c1ccccc1. The predicted molar refractivity (Wildman–Crippen MR) is 142 cm³/mol. The average molecular weight is 467 g/mol. The molecular formula is C31H22N4O. The third-order valence-corrected chi connectivity index (χ3v) is 6.03. The van der Waals surface area contributed by atoms with Crippen molar-refractivity contribution in [2.75, 3.05) is 0 Å². The van der Waals surface area contributed by atoms with E-state index in [0.29, 0.717) is 11.6 Å². The van der Waals surface area contributed by atoms with Gasteiger partial charge < -0.3 is 0 Å². The van der Waals surface area contributed by atoms with Gasteiger partial charge in [-0.3, -0.25) is 0 Å². The third kappa shape index (κ3) is 4.03. The van der Waals surface area contributed by atoms with Gasteiger partial charge in [0.2, 0.25) is 0 Å². The van der Waals surface area contributed by atoms with Gasteiger partial charge in [0.1, 0.15) is 11.6 Å². The first kappa shape index (κ1) is 21.5. The summed E-state index contributed by atoms with van der Waals surface area (Å²) in [6.45, 7) is 0. The number of hydrogen-bond acceptors (Lipinski definition) is 3. The van der Waals surface area contributed by atoms with Gasteiger partial charge in [0.05, 0.1) is 11.4 Å². The second-order valence-corrected chi connectivity index (χ2v) is 8.39. The third-order valence-electron chi connectivity index (χ3n) is 6.03. The Morgan fingerprint density at radius 3 is 1.08 bits per heavy atom. The molecule has 0 saturated carbocycles. The fourth-order valence-electron chi connectivity index (χ4n) is 4.25. The number of imidazole rings is 2. The summed E-state index contributed by atoms with van der Waals surface area (Å²) in [4.78, 5) is 23.9. The molecule has 36 heavy (non-hydrogen) atoms. The highest BCUT2D eigenvalue weighted by Crippen LogP contribution is 2.28. The summed E-state index contributed by atoms with van der Waals surface area (Å²) < 4.78 is 3.22. The Balaban J connectivity index is 1.53. The van der Waals surface area contributed by atoms with Crippen LogP contribution in [0.15, 0.2) is 134 Å². The predicted octanol–water partition coefficient (Wildman–Crippen LogP) is 7.26. The summed E-state index contributed by atoms with van der Waals surface area (Å²) in [5.41, 5.74) is 5.07. The fraction of sp³-hybridized carbons (Fsp3) is 0. The Kier molecular flexibility index (Phi) is 5.56. The molecule has 6 aromatic rings. The lowest BCUT2D eigenvalue weighted by atomic mass is 10.2. The van der Waals surface area contributed by atoms with E-state index in [9.17, 15) is 4.79 Å². The van der Waals surface area contributed by atoms with E-state index in [1.165, 1.54) is 0 Å². The molecule has 0 saturated heterocycles. The molecule has 0 aliphatic heterocycles. The number of carbonyl (C=O) groups is 1. The average Bonchev–Trinajstić information content (AvgIpc) is 3.61. The maximum Gasteiger partial charge on any atom is 0.339 e. The van der Waals surface area contributed by atoms with Crippen molar-refractivity contribution in [1.82, 2.24) is 19.1 Å². The molecule has 0 atom stereocenters. The van der Waals surface area contributed by atoms with Gasteiger partial charge in [-0.2, -0.15) is 0 Å². The highest BCUT2D eigenvalue weighted by Gasteiger charge is 2.22. The first-order valence-corrected chi connectivity index (χ1v) is 11.7. The van der Waals surface area contributed by atoms with E-state index < -0.39 is 0 Å². The molecule has 0 spiro atoms. The maximum atomic E-state index is 14.2. The lowest BCUT2D eigenvalue weighted by Crippen LogP contribution is -2.20. The van der Waals surface area contributed by atoms with Gasteiger partial charge in [-0.25, -0.2) is 23.9 Å². The van der Waals surface area contributed by atoms with Crippen LogP contribution in [0.3, 0.4) is 0 Å². The zero-order valence-corrected chi connectivity index (χ0v) is 19.4. The zero-order valence-electron chi connectivity index (χ0n) is 19.4. The molecule has 0 radical (unpaired) electrons. The molecule has 0 amide bonds. The highest BCUT2D eigenvalue weighted by atomic mass is 16.2. The Morgan fingerprint density at radius 2 is 0.750 bits per heavy atom. The normalized spacial score (nSPS) is 10.9. The lowest BCUT2D eigenvalue weighted by Gasteiger charge is -2.10. The molecule has 2 aromatic heterocycles. The fourth-order valence-corrected chi connectivity index (χ4v) is 4.25. The number of aromatic nitrogens is 4. The van der Waals surface area contributed by atoms with Crippen LogP contribution in [0, 0.1) is 0 Å². The quantitative estimate of drug-likeness (QED) is 0.275. The topological polar surface area (TPSA) is 52.7 Å². The van der Waals surface area contributed by atoms with Gasteiger partial charge in [-0.15, -0.1) is 0 Å². The minimum absolute atomic E-state index is 0.253. The van der Waals surface area contributed by atoms with Crippen molar-refractivity contribution in [3.8, 4) is 45.3 Å². The van der Waals surface area contributed by atoms with Crippen LogP contribution in [0.1, 0.15) is 0 Å². The van der Waals surface area contributed by atoms with Crippen LogP contribution in [0.2, 0.25) is 0 Å². The molecule has 0 aliphatic carbocycles. The molecule has 2 heterocycles. The summed E-state index contributed by atoms with van der Waals surface area (Å²) in [6, 6.07) is 39.0. The van der Waals surface area contributed by atoms with Crippen LogP contribution < -0.4 is 0 Å². The number of benzene rings is 4. The van der Waals surface area contributed by atoms with Crippen molar-refractivity contribution in [2.45, 2.75) is 0 Å². The van der Waals surface area contributed by atoms with E-state index in [-0.39, 0.29) is 6.03 Å². The molecule has 4 aromatic carbocycles. The zero-order chi connectivity index (χ0) is 24.3. The van der Waals surface area contributed by atoms with Crippen molar-refractivity contribution in [3.05, 3.63) is 134 Å². The second kappa shape index (κ2) is 9.31. The van der Waals surface area contributed by atoms with E-state index in [1.807, 2.05) is 121 Å². The van der Waals surface area contributed by atoms with Gasteiger partial charge >= 0.3 is 6.03 Å². The van der Waals surface area contributed by atoms with Crippen LogP contribution in [-0.4, -0.2) is 25.1 Å². The van der Waals surface area contributed by atoms with Crippen LogP contribution in [-0.2, 0) is 0 Å². The summed E-state index contributed by atoms with van der Waals surface area (Å²) >= 11 is 0. The molecule has 0 fully saturated rings. The second-order valence-electron chi connectivity index (χ2n) is 8.39. The molecule has 5 heteroatoms. The number of rotatable bonds is 4. The molecule has 0 aliphatic rings. The Bertz CT molecular complexity index is 1500. The van der Waals surface area contributed by atoms with Gasteiger partial charge in [0.15, 0.2) is 0 Å². The van der Waals surface area contributed by atoms with E-state index >= 15 is 0 Å². The minimum atomic E-state index is -0.253. The van der Waals surface area contributed by atoms with Gasteiger partial charge in [0, 0.05) is 34.6 Å².